The van der Waals surface area contributed by atoms with Crippen molar-refractivity contribution in [1.29, 1.82) is 0 Å². The van der Waals surface area contributed by atoms with Crippen LogP contribution in [0.1, 0.15) is 18.9 Å². The average Bonchev–Trinajstić information content (AvgIpc) is 2.38. The zero-order valence-corrected chi connectivity index (χ0v) is 14.6. The molecule has 1 fully saturated rings. The highest BCUT2D eigenvalue weighted by molar-refractivity contribution is 9.10. The van der Waals surface area contributed by atoms with Gasteiger partial charge in [0.1, 0.15) is 0 Å². The zero-order chi connectivity index (χ0) is 15.6. The van der Waals surface area contributed by atoms with Crippen LogP contribution in [0.15, 0.2) is 22.7 Å². The van der Waals surface area contributed by atoms with E-state index in [4.69, 9.17) is 11.6 Å². The molecule has 1 aromatic carbocycles. The van der Waals surface area contributed by atoms with Crippen LogP contribution < -0.4 is 0 Å². The van der Waals surface area contributed by atoms with Crippen molar-refractivity contribution < 1.29 is 9.90 Å². The quantitative estimate of drug-likeness (QED) is 0.878. The largest absolute Gasteiger partial charge is 0.481 e. The first-order valence-electron chi connectivity index (χ1n) is 6.94. The van der Waals surface area contributed by atoms with Gasteiger partial charge in [-0.05, 0) is 31.7 Å². The number of benzene rings is 1. The Hall–Kier alpha value is -0.620. The molecule has 4 nitrogen and oxygen atoms in total. The fourth-order valence-corrected chi connectivity index (χ4v) is 3.78. The summed E-state index contributed by atoms with van der Waals surface area (Å²) < 4.78 is 0.896. The van der Waals surface area contributed by atoms with Crippen LogP contribution in [-0.2, 0) is 10.3 Å². The predicted octanol–water partition coefficient (Wildman–Crippen LogP) is 3.04. The third-order valence-electron chi connectivity index (χ3n) is 4.21. The van der Waals surface area contributed by atoms with Gasteiger partial charge in [-0.3, -0.25) is 9.69 Å². The Morgan fingerprint density at radius 3 is 2.52 bits per heavy atom. The first-order chi connectivity index (χ1) is 9.83. The smallest absolute Gasteiger partial charge is 0.305 e. The lowest BCUT2D eigenvalue weighted by atomic mass is 9.86. The minimum atomic E-state index is -0.810. The number of aliphatic carboxylic acids is 1. The van der Waals surface area contributed by atoms with Gasteiger partial charge in [-0.1, -0.05) is 33.6 Å². The maximum absolute atomic E-state index is 11.4. The molecule has 6 heteroatoms. The number of piperazine rings is 1. The second kappa shape index (κ2) is 6.65. The van der Waals surface area contributed by atoms with Crippen LogP contribution >= 0.6 is 27.5 Å². The van der Waals surface area contributed by atoms with Crippen molar-refractivity contribution in [2.75, 3.05) is 33.2 Å². The van der Waals surface area contributed by atoms with E-state index in [1.807, 2.05) is 25.1 Å². The van der Waals surface area contributed by atoms with Crippen LogP contribution in [0.25, 0.3) is 0 Å². The van der Waals surface area contributed by atoms with E-state index in [9.17, 15) is 9.90 Å². The predicted molar refractivity (Wildman–Crippen MR) is 87.8 cm³/mol. The summed E-state index contributed by atoms with van der Waals surface area (Å²) in [6.07, 6.45) is 0.0397. The van der Waals surface area contributed by atoms with E-state index in [-0.39, 0.29) is 6.42 Å². The first kappa shape index (κ1) is 16.7. The number of rotatable bonds is 4. The number of hydrogen-bond acceptors (Lipinski definition) is 3. The van der Waals surface area contributed by atoms with E-state index >= 15 is 0 Å². The SMILES string of the molecule is CN1CCN(C(C)(CC(=O)O)c2ccc(Br)cc2Cl)CC1. The molecule has 1 saturated heterocycles. The molecule has 1 unspecified atom stereocenters. The zero-order valence-electron chi connectivity index (χ0n) is 12.3. The molecule has 1 heterocycles. The first-order valence-corrected chi connectivity index (χ1v) is 8.11. The Labute approximate surface area is 138 Å². The highest BCUT2D eigenvalue weighted by Crippen LogP contribution is 2.38. The van der Waals surface area contributed by atoms with E-state index in [2.05, 4.69) is 32.8 Å². The topological polar surface area (TPSA) is 43.8 Å². The summed E-state index contributed by atoms with van der Waals surface area (Å²) in [6, 6.07) is 5.66. The van der Waals surface area contributed by atoms with Crippen molar-refractivity contribution >= 4 is 33.5 Å². The molecule has 0 amide bonds. The molecule has 0 saturated carbocycles. The van der Waals surface area contributed by atoms with Crippen molar-refractivity contribution in [2.45, 2.75) is 18.9 Å². The number of hydrogen-bond donors (Lipinski definition) is 1. The number of likely N-dealkylation sites (N-methyl/N-ethyl adjacent to an activating group) is 1. The Kier molecular flexibility index (Phi) is 5.30. The highest BCUT2D eigenvalue weighted by atomic mass is 79.9. The summed E-state index contributed by atoms with van der Waals surface area (Å²) in [4.78, 5) is 15.9. The number of carboxylic acid groups (broad SMARTS) is 1. The van der Waals surface area contributed by atoms with E-state index in [1.54, 1.807) is 0 Å². The van der Waals surface area contributed by atoms with E-state index < -0.39 is 11.5 Å². The number of halogens is 2. The van der Waals surface area contributed by atoms with Crippen molar-refractivity contribution in [2.24, 2.45) is 0 Å². The van der Waals surface area contributed by atoms with Crippen molar-refractivity contribution in [3.05, 3.63) is 33.3 Å². The second-order valence-corrected chi connectivity index (χ2v) is 7.08. The summed E-state index contributed by atoms with van der Waals surface area (Å²) in [5, 5.41) is 9.95. The molecular formula is C15H20BrClN2O2. The molecule has 0 aliphatic carbocycles. The molecule has 0 spiro atoms. The lowest BCUT2D eigenvalue weighted by Crippen LogP contribution is -2.54. The number of carboxylic acids is 1. The summed E-state index contributed by atoms with van der Waals surface area (Å²) >= 11 is 9.78. The third-order valence-corrected chi connectivity index (χ3v) is 5.01. The minimum Gasteiger partial charge on any atom is -0.481 e. The molecule has 116 valence electrons. The van der Waals surface area contributed by atoms with Gasteiger partial charge in [0.15, 0.2) is 0 Å². The van der Waals surface area contributed by atoms with Crippen LogP contribution in [0.3, 0.4) is 0 Å². The van der Waals surface area contributed by atoms with E-state index in [0.717, 1.165) is 36.2 Å². The van der Waals surface area contributed by atoms with Crippen LogP contribution in [0.5, 0.6) is 0 Å². The lowest BCUT2D eigenvalue weighted by Gasteiger charge is -2.45. The van der Waals surface area contributed by atoms with Gasteiger partial charge < -0.3 is 10.0 Å². The third kappa shape index (κ3) is 3.77. The van der Waals surface area contributed by atoms with Gasteiger partial charge in [0.25, 0.3) is 0 Å². The van der Waals surface area contributed by atoms with Crippen molar-refractivity contribution in [3.8, 4) is 0 Å². The maximum Gasteiger partial charge on any atom is 0.305 e. The Bertz CT molecular complexity index is 532. The molecule has 21 heavy (non-hydrogen) atoms. The molecule has 0 radical (unpaired) electrons. The number of nitrogens with zero attached hydrogens (tertiary/aromatic N) is 2. The molecule has 1 aliphatic heterocycles. The fourth-order valence-electron chi connectivity index (χ4n) is 2.90. The second-order valence-electron chi connectivity index (χ2n) is 5.76. The van der Waals surface area contributed by atoms with Crippen molar-refractivity contribution in [1.82, 2.24) is 9.80 Å². The molecule has 1 atom stereocenters. The maximum atomic E-state index is 11.4. The van der Waals surface area contributed by atoms with Gasteiger partial charge in [-0.15, -0.1) is 0 Å². The monoisotopic (exact) mass is 374 g/mol. The van der Waals surface area contributed by atoms with Crippen molar-refractivity contribution in [3.63, 3.8) is 0 Å². The molecule has 1 aliphatic rings. The van der Waals surface area contributed by atoms with Gasteiger partial charge in [0.2, 0.25) is 0 Å². The lowest BCUT2D eigenvalue weighted by molar-refractivity contribution is -0.140. The molecule has 1 aromatic rings. The fraction of sp³-hybridized carbons (Fsp3) is 0.533. The molecular weight excluding hydrogens is 356 g/mol. The standard InChI is InChI=1S/C15H20BrClN2O2/c1-15(10-14(20)21,19-7-5-18(2)6-8-19)12-4-3-11(16)9-13(12)17/h3-4,9H,5-8,10H2,1-2H3,(H,20,21). The van der Waals surface area contributed by atoms with E-state index in [1.165, 1.54) is 0 Å². The molecule has 2 rings (SSSR count). The molecule has 0 bridgehead atoms. The van der Waals surface area contributed by atoms with Gasteiger partial charge in [0, 0.05) is 35.7 Å². The van der Waals surface area contributed by atoms with Gasteiger partial charge in [-0.2, -0.15) is 0 Å². The number of carbonyl (C=O) groups is 1. The summed E-state index contributed by atoms with van der Waals surface area (Å²) in [6.45, 7) is 5.52. The Morgan fingerprint density at radius 2 is 2.00 bits per heavy atom. The van der Waals surface area contributed by atoms with Gasteiger partial charge in [0.05, 0.1) is 12.0 Å². The van der Waals surface area contributed by atoms with Gasteiger partial charge in [-0.25, -0.2) is 0 Å². The Morgan fingerprint density at radius 1 is 1.38 bits per heavy atom. The van der Waals surface area contributed by atoms with Gasteiger partial charge >= 0.3 is 5.97 Å². The minimum absolute atomic E-state index is 0.0397. The Balaban J connectivity index is 2.38. The molecule has 0 aromatic heterocycles. The average molecular weight is 376 g/mol. The van der Waals surface area contributed by atoms with Crippen LogP contribution in [0, 0.1) is 0 Å². The summed E-state index contributed by atoms with van der Waals surface area (Å²) in [5.41, 5.74) is 0.282. The van der Waals surface area contributed by atoms with Crippen LogP contribution in [-0.4, -0.2) is 54.1 Å². The van der Waals surface area contributed by atoms with E-state index in [0.29, 0.717) is 5.02 Å². The van der Waals surface area contributed by atoms with Crippen LogP contribution in [0.4, 0.5) is 0 Å². The molecule has 1 N–H and O–H groups in total. The summed E-state index contributed by atoms with van der Waals surface area (Å²) in [7, 11) is 2.08. The van der Waals surface area contributed by atoms with Crippen LogP contribution in [0.2, 0.25) is 5.02 Å². The summed E-state index contributed by atoms with van der Waals surface area (Å²) in [5.74, 6) is -0.810. The highest BCUT2D eigenvalue weighted by Gasteiger charge is 2.38. The normalized spacial score (nSPS) is 20.2.